The number of ketones is 1. The number of aliphatic carboxylic acids is 1. The van der Waals surface area contributed by atoms with E-state index in [-0.39, 0.29) is 18.2 Å². The van der Waals surface area contributed by atoms with Crippen molar-refractivity contribution in [2.45, 2.75) is 52.1 Å². The molecule has 0 aliphatic heterocycles. The van der Waals surface area contributed by atoms with Gasteiger partial charge in [-0.2, -0.15) is 0 Å². The van der Waals surface area contributed by atoms with Crippen LogP contribution in [-0.2, 0) is 19.2 Å². The van der Waals surface area contributed by atoms with Crippen LogP contribution in [0.3, 0.4) is 0 Å². The summed E-state index contributed by atoms with van der Waals surface area (Å²) < 4.78 is 0. The quantitative estimate of drug-likeness (QED) is 0.123. The standard InChI is InChI=1S/C16H30N6O5/c1-16(2,3)11(23)7-10(14(26)27)22-12(24)8-21-13(25)9(17)5-4-6-20-15(18)19/h9-10H,4-8,17H2,1-3H3,(H,21,25)(H,22,24)(H,26,27)(H4,18,19,20)/t9-,10-/m0/s1. The lowest BCUT2D eigenvalue weighted by atomic mass is 9.87. The number of hydrogen-bond acceptors (Lipinski definition) is 6. The Hall–Kier alpha value is -2.69. The molecule has 0 aromatic rings. The van der Waals surface area contributed by atoms with Gasteiger partial charge in [0.15, 0.2) is 5.96 Å². The lowest BCUT2D eigenvalue weighted by Gasteiger charge is -2.20. The molecule has 0 spiro atoms. The lowest BCUT2D eigenvalue weighted by molar-refractivity contribution is -0.144. The predicted molar refractivity (Wildman–Crippen MR) is 98.8 cm³/mol. The number of guanidine groups is 1. The second kappa shape index (κ2) is 11.1. The zero-order chi connectivity index (χ0) is 21.2. The molecular weight excluding hydrogens is 356 g/mol. The van der Waals surface area contributed by atoms with Crippen LogP contribution in [0.1, 0.15) is 40.0 Å². The zero-order valence-corrected chi connectivity index (χ0v) is 15.9. The maximum absolute atomic E-state index is 12.0. The summed E-state index contributed by atoms with van der Waals surface area (Å²) >= 11 is 0. The molecule has 0 fully saturated rings. The van der Waals surface area contributed by atoms with Gasteiger partial charge in [-0.3, -0.25) is 19.8 Å². The minimum absolute atomic E-state index is 0.178. The molecule has 0 heterocycles. The van der Waals surface area contributed by atoms with E-state index in [0.717, 1.165) is 0 Å². The Morgan fingerprint density at radius 1 is 1.15 bits per heavy atom. The number of carbonyl (C=O) groups excluding carboxylic acids is 3. The molecule has 0 aromatic heterocycles. The molecule has 0 radical (unpaired) electrons. The van der Waals surface area contributed by atoms with Gasteiger partial charge in [0.1, 0.15) is 11.8 Å². The average molecular weight is 386 g/mol. The Balaban J connectivity index is 4.37. The Bertz CT molecular complexity index is 572. The Labute approximate surface area is 158 Å². The number of rotatable bonds is 11. The molecule has 2 amide bonds. The summed E-state index contributed by atoms with van der Waals surface area (Å²) in [4.78, 5) is 46.9. The maximum Gasteiger partial charge on any atom is 0.326 e. The van der Waals surface area contributed by atoms with Crippen molar-refractivity contribution in [2.75, 3.05) is 13.1 Å². The van der Waals surface area contributed by atoms with E-state index in [1.165, 1.54) is 0 Å². The van der Waals surface area contributed by atoms with E-state index in [1.807, 2.05) is 0 Å². The Morgan fingerprint density at radius 3 is 2.22 bits per heavy atom. The largest absolute Gasteiger partial charge is 0.480 e. The van der Waals surface area contributed by atoms with Crippen molar-refractivity contribution in [3.05, 3.63) is 0 Å². The number of hydrogen-bond donors (Lipinski definition) is 7. The summed E-state index contributed by atoms with van der Waals surface area (Å²) in [6.45, 7) is 4.90. The molecule has 154 valence electrons. The summed E-state index contributed by atoms with van der Waals surface area (Å²) in [6, 6.07) is -2.23. The third-order valence-corrected chi connectivity index (χ3v) is 3.63. The number of amides is 2. The van der Waals surface area contributed by atoms with Gasteiger partial charge in [0.25, 0.3) is 0 Å². The van der Waals surface area contributed by atoms with Crippen LogP contribution >= 0.6 is 0 Å². The van der Waals surface area contributed by atoms with Crippen molar-refractivity contribution >= 4 is 29.5 Å². The third kappa shape index (κ3) is 10.8. The summed E-state index contributed by atoms with van der Waals surface area (Å²) in [6.07, 6.45) is 0.461. The predicted octanol–water partition coefficient (Wildman–Crippen LogP) is -1.73. The SMILES string of the molecule is CC(C)(C)C(=O)C[C@H](NC(=O)CNC(=O)[C@@H](N)CCCNC(=N)N)C(=O)O. The highest BCUT2D eigenvalue weighted by Crippen LogP contribution is 2.17. The van der Waals surface area contributed by atoms with E-state index in [9.17, 15) is 19.2 Å². The van der Waals surface area contributed by atoms with Gasteiger partial charge < -0.3 is 32.5 Å². The number of nitrogens with one attached hydrogen (secondary N) is 4. The first-order chi connectivity index (χ1) is 12.3. The van der Waals surface area contributed by atoms with Crippen LogP contribution in [-0.4, -0.2) is 59.8 Å². The van der Waals surface area contributed by atoms with Gasteiger partial charge in [-0.25, -0.2) is 4.79 Å². The van der Waals surface area contributed by atoms with E-state index in [2.05, 4.69) is 16.0 Å². The fourth-order valence-electron chi connectivity index (χ4n) is 1.91. The van der Waals surface area contributed by atoms with E-state index in [1.54, 1.807) is 20.8 Å². The first-order valence-electron chi connectivity index (χ1n) is 8.51. The van der Waals surface area contributed by atoms with Crippen molar-refractivity contribution in [1.29, 1.82) is 5.41 Å². The number of carboxylic acid groups (broad SMARTS) is 1. The monoisotopic (exact) mass is 386 g/mol. The molecular formula is C16H30N6O5. The van der Waals surface area contributed by atoms with Crippen LogP contribution in [0.15, 0.2) is 0 Å². The van der Waals surface area contributed by atoms with Crippen molar-refractivity contribution in [3.63, 3.8) is 0 Å². The van der Waals surface area contributed by atoms with Crippen LogP contribution in [0.2, 0.25) is 0 Å². The Morgan fingerprint density at radius 2 is 1.74 bits per heavy atom. The highest BCUT2D eigenvalue weighted by atomic mass is 16.4. The normalized spacial score (nSPS) is 13.2. The first kappa shape index (κ1) is 24.3. The molecule has 9 N–H and O–H groups in total. The van der Waals surface area contributed by atoms with E-state index < -0.39 is 41.8 Å². The second-order valence-corrected chi connectivity index (χ2v) is 7.14. The molecule has 0 aliphatic carbocycles. The number of carbonyl (C=O) groups is 4. The molecule has 0 bridgehead atoms. The molecule has 11 nitrogen and oxygen atoms in total. The fraction of sp³-hybridized carbons (Fsp3) is 0.688. The number of nitrogens with two attached hydrogens (primary N) is 2. The van der Waals surface area contributed by atoms with Crippen molar-refractivity contribution in [1.82, 2.24) is 16.0 Å². The highest BCUT2D eigenvalue weighted by molar-refractivity contribution is 5.93. The van der Waals surface area contributed by atoms with Gasteiger partial charge in [-0.15, -0.1) is 0 Å². The van der Waals surface area contributed by atoms with Crippen molar-refractivity contribution < 1.29 is 24.3 Å². The van der Waals surface area contributed by atoms with Crippen molar-refractivity contribution in [3.8, 4) is 0 Å². The summed E-state index contributed by atoms with van der Waals surface area (Å²) in [7, 11) is 0. The minimum Gasteiger partial charge on any atom is -0.480 e. The molecule has 0 rings (SSSR count). The molecule has 0 saturated heterocycles. The van der Waals surface area contributed by atoms with Crippen LogP contribution in [0.5, 0.6) is 0 Å². The van der Waals surface area contributed by atoms with Gasteiger partial charge in [0.2, 0.25) is 11.8 Å². The zero-order valence-electron chi connectivity index (χ0n) is 15.9. The molecule has 27 heavy (non-hydrogen) atoms. The van der Waals surface area contributed by atoms with Gasteiger partial charge in [0.05, 0.1) is 12.6 Å². The molecule has 0 saturated carbocycles. The number of carboxylic acids is 1. The lowest BCUT2D eigenvalue weighted by Crippen LogP contribution is -2.49. The Kier molecular flexibility index (Phi) is 10.0. The van der Waals surface area contributed by atoms with Crippen LogP contribution in [0.25, 0.3) is 0 Å². The minimum atomic E-state index is -1.37. The second-order valence-electron chi connectivity index (χ2n) is 7.14. The summed E-state index contributed by atoms with van der Waals surface area (Å²) in [5, 5.41) is 23.3. The van der Waals surface area contributed by atoms with Crippen LogP contribution < -0.4 is 27.4 Å². The molecule has 0 unspecified atom stereocenters. The van der Waals surface area contributed by atoms with Gasteiger partial charge in [0, 0.05) is 18.4 Å². The maximum atomic E-state index is 12.0. The van der Waals surface area contributed by atoms with Crippen molar-refractivity contribution in [2.24, 2.45) is 16.9 Å². The summed E-state index contributed by atoms with van der Waals surface area (Å²) in [5.41, 5.74) is 10.1. The van der Waals surface area contributed by atoms with Crippen LogP contribution in [0, 0.1) is 10.8 Å². The van der Waals surface area contributed by atoms with E-state index in [0.29, 0.717) is 19.4 Å². The molecule has 0 aromatic carbocycles. The summed E-state index contributed by atoms with van der Waals surface area (Å²) in [5.74, 6) is -3.11. The third-order valence-electron chi connectivity index (χ3n) is 3.63. The smallest absolute Gasteiger partial charge is 0.326 e. The van der Waals surface area contributed by atoms with Gasteiger partial charge in [-0.1, -0.05) is 20.8 Å². The van der Waals surface area contributed by atoms with Gasteiger partial charge in [-0.05, 0) is 12.8 Å². The first-order valence-corrected chi connectivity index (χ1v) is 8.51. The van der Waals surface area contributed by atoms with E-state index >= 15 is 0 Å². The average Bonchev–Trinajstić information content (AvgIpc) is 2.54. The highest BCUT2D eigenvalue weighted by Gasteiger charge is 2.29. The fourth-order valence-corrected chi connectivity index (χ4v) is 1.91. The molecule has 2 atom stereocenters. The molecule has 0 aliphatic rings. The van der Waals surface area contributed by atoms with E-state index in [4.69, 9.17) is 22.0 Å². The van der Waals surface area contributed by atoms with Gasteiger partial charge >= 0.3 is 5.97 Å². The number of Topliss-reactive ketones (excluding diaryl/α,β-unsaturated/α-hetero) is 1. The van der Waals surface area contributed by atoms with Crippen LogP contribution in [0.4, 0.5) is 0 Å². The molecule has 11 heteroatoms. The topological polar surface area (TPSA) is 200 Å².